The molecule has 1 aliphatic heterocycles. The molecule has 0 N–H and O–H groups in total. The van der Waals surface area contributed by atoms with Crippen LogP contribution in [0.25, 0.3) is 0 Å². The van der Waals surface area contributed by atoms with Crippen molar-refractivity contribution in [1.82, 2.24) is 19.0 Å². The summed E-state index contributed by atoms with van der Waals surface area (Å²) in [5.74, 6) is 0.734. The van der Waals surface area contributed by atoms with Crippen molar-refractivity contribution in [1.29, 1.82) is 0 Å². The van der Waals surface area contributed by atoms with Crippen molar-refractivity contribution < 1.29 is 4.74 Å². The van der Waals surface area contributed by atoms with Crippen LogP contribution in [0, 0.1) is 0 Å². The molecular formula is C17H22N4O3. The lowest BCUT2D eigenvalue weighted by Crippen LogP contribution is -2.39. The minimum atomic E-state index is -0.296. The standard InChI is InChI=1S/C17H22N4O3/c1-19-12(9-16(22)20(2)17(19)23)11-21-8-4-5-15(21)14-7-6-13(24-3)10-18-14/h6-7,9-10,15H,4-5,8,11H2,1-3H3. The minimum absolute atomic E-state index is 0.190. The Balaban J connectivity index is 1.86. The summed E-state index contributed by atoms with van der Waals surface area (Å²) >= 11 is 0. The van der Waals surface area contributed by atoms with Gasteiger partial charge >= 0.3 is 5.69 Å². The predicted octanol–water partition coefficient (Wildman–Crippen LogP) is 0.825. The van der Waals surface area contributed by atoms with Gasteiger partial charge in [0.2, 0.25) is 0 Å². The van der Waals surface area contributed by atoms with Gasteiger partial charge in [-0.15, -0.1) is 0 Å². The average molecular weight is 330 g/mol. The zero-order chi connectivity index (χ0) is 17.3. The second-order valence-electron chi connectivity index (χ2n) is 6.13. The monoisotopic (exact) mass is 330 g/mol. The first-order valence-electron chi connectivity index (χ1n) is 8.01. The van der Waals surface area contributed by atoms with Crippen LogP contribution in [-0.2, 0) is 20.6 Å². The summed E-state index contributed by atoms with van der Waals surface area (Å²) in [4.78, 5) is 30.8. The van der Waals surface area contributed by atoms with Crippen molar-refractivity contribution in [3.05, 3.63) is 56.6 Å². The van der Waals surface area contributed by atoms with Crippen LogP contribution in [0.3, 0.4) is 0 Å². The Hall–Kier alpha value is -2.41. The summed E-state index contributed by atoms with van der Waals surface area (Å²) in [5, 5.41) is 0. The number of hydrogen-bond acceptors (Lipinski definition) is 5. The number of rotatable bonds is 4. The molecule has 0 amide bonds. The molecule has 2 aromatic heterocycles. The summed E-state index contributed by atoms with van der Waals surface area (Å²) < 4.78 is 7.82. The van der Waals surface area contributed by atoms with Crippen LogP contribution in [0.4, 0.5) is 0 Å². The van der Waals surface area contributed by atoms with Gasteiger partial charge < -0.3 is 4.74 Å². The molecule has 1 unspecified atom stereocenters. The maximum absolute atomic E-state index is 12.1. The Morgan fingerprint density at radius 2 is 2.04 bits per heavy atom. The lowest BCUT2D eigenvalue weighted by molar-refractivity contribution is 0.237. The molecule has 0 aromatic carbocycles. The molecule has 0 saturated carbocycles. The highest BCUT2D eigenvalue weighted by Gasteiger charge is 2.27. The molecule has 1 atom stereocenters. The molecule has 1 fully saturated rings. The second-order valence-corrected chi connectivity index (χ2v) is 6.13. The molecule has 2 aromatic rings. The van der Waals surface area contributed by atoms with Gasteiger partial charge in [-0.2, -0.15) is 0 Å². The maximum Gasteiger partial charge on any atom is 0.330 e. The molecule has 1 saturated heterocycles. The largest absolute Gasteiger partial charge is 0.495 e. The first kappa shape index (κ1) is 16.4. The molecule has 24 heavy (non-hydrogen) atoms. The van der Waals surface area contributed by atoms with Crippen LogP contribution >= 0.6 is 0 Å². The Morgan fingerprint density at radius 3 is 2.71 bits per heavy atom. The lowest BCUT2D eigenvalue weighted by atomic mass is 10.1. The first-order chi connectivity index (χ1) is 11.5. The highest BCUT2D eigenvalue weighted by atomic mass is 16.5. The van der Waals surface area contributed by atoms with Crippen molar-refractivity contribution >= 4 is 0 Å². The third-order valence-corrected chi connectivity index (χ3v) is 4.69. The van der Waals surface area contributed by atoms with E-state index in [4.69, 9.17) is 4.74 Å². The van der Waals surface area contributed by atoms with Crippen LogP contribution in [0.15, 0.2) is 34.0 Å². The molecule has 3 rings (SSSR count). The number of hydrogen-bond donors (Lipinski definition) is 0. The summed E-state index contributed by atoms with van der Waals surface area (Å²) in [6, 6.07) is 5.62. The minimum Gasteiger partial charge on any atom is -0.495 e. The molecule has 3 heterocycles. The lowest BCUT2D eigenvalue weighted by Gasteiger charge is -2.25. The number of ether oxygens (including phenoxy) is 1. The van der Waals surface area contributed by atoms with Crippen LogP contribution in [-0.4, -0.2) is 32.7 Å². The fourth-order valence-electron chi connectivity index (χ4n) is 3.20. The van der Waals surface area contributed by atoms with E-state index in [0.717, 1.165) is 41.1 Å². The van der Waals surface area contributed by atoms with E-state index in [0.29, 0.717) is 6.54 Å². The van der Waals surface area contributed by atoms with E-state index in [2.05, 4.69) is 9.88 Å². The highest BCUT2D eigenvalue weighted by Crippen LogP contribution is 2.32. The first-order valence-corrected chi connectivity index (χ1v) is 8.01. The summed E-state index contributed by atoms with van der Waals surface area (Å²) in [7, 11) is 4.82. The van der Waals surface area contributed by atoms with Crippen molar-refractivity contribution in [3.8, 4) is 5.75 Å². The van der Waals surface area contributed by atoms with Crippen molar-refractivity contribution in [3.63, 3.8) is 0 Å². The molecule has 7 heteroatoms. The van der Waals surface area contributed by atoms with Crippen molar-refractivity contribution in [2.24, 2.45) is 14.1 Å². The van der Waals surface area contributed by atoms with Gasteiger partial charge in [-0.05, 0) is 31.5 Å². The molecule has 1 aliphatic rings. The number of aromatic nitrogens is 3. The molecule has 128 valence electrons. The van der Waals surface area contributed by atoms with Crippen LogP contribution < -0.4 is 16.0 Å². The smallest absolute Gasteiger partial charge is 0.330 e. The van der Waals surface area contributed by atoms with Crippen molar-refractivity contribution in [2.45, 2.75) is 25.4 Å². The molecule has 0 bridgehead atoms. The molecular weight excluding hydrogens is 308 g/mol. The number of methoxy groups -OCH3 is 1. The molecule has 0 aliphatic carbocycles. The third-order valence-electron chi connectivity index (χ3n) is 4.69. The number of likely N-dealkylation sites (tertiary alicyclic amines) is 1. The van der Waals surface area contributed by atoms with Crippen LogP contribution in [0.1, 0.15) is 30.3 Å². The Kier molecular flexibility index (Phi) is 4.53. The fourth-order valence-corrected chi connectivity index (χ4v) is 3.20. The van der Waals surface area contributed by atoms with E-state index in [-0.39, 0.29) is 17.3 Å². The second kappa shape index (κ2) is 6.60. The van der Waals surface area contributed by atoms with Gasteiger partial charge in [0, 0.05) is 32.4 Å². The Bertz CT molecular complexity index is 838. The van der Waals surface area contributed by atoms with E-state index in [9.17, 15) is 9.59 Å². The summed E-state index contributed by atoms with van der Waals surface area (Å²) in [5.41, 5.74) is 1.15. The van der Waals surface area contributed by atoms with Crippen LogP contribution in [0.5, 0.6) is 5.75 Å². The Labute approximate surface area is 140 Å². The molecule has 0 radical (unpaired) electrons. The van der Waals surface area contributed by atoms with Gasteiger partial charge in [-0.1, -0.05) is 0 Å². The molecule has 7 nitrogen and oxygen atoms in total. The van der Waals surface area contributed by atoms with Gasteiger partial charge in [0.15, 0.2) is 0 Å². The average Bonchev–Trinajstić information content (AvgIpc) is 3.06. The van der Waals surface area contributed by atoms with E-state index >= 15 is 0 Å². The van der Waals surface area contributed by atoms with E-state index in [1.165, 1.54) is 17.7 Å². The fraction of sp³-hybridized carbons (Fsp3) is 0.471. The van der Waals surface area contributed by atoms with E-state index in [1.54, 1.807) is 20.4 Å². The third kappa shape index (κ3) is 2.99. The summed E-state index contributed by atoms with van der Waals surface area (Å²) in [6.45, 7) is 1.47. The van der Waals surface area contributed by atoms with E-state index < -0.39 is 0 Å². The SMILES string of the molecule is COc1ccc(C2CCCN2Cc2cc(=O)n(C)c(=O)n2C)nc1. The van der Waals surface area contributed by atoms with Crippen molar-refractivity contribution in [2.75, 3.05) is 13.7 Å². The van der Waals surface area contributed by atoms with Gasteiger partial charge in [0.1, 0.15) is 5.75 Å². The van der Waals surface area contributed by atoms with Gasteiger partial charge in [0.05, 0.1) is 25.0 Å². The number of nitrogens with zero attached hydrogens (tertiary/aromatic N) is 4. The normalized spacial score (nSPS) is 18.0. The van der Waals surface area contributed by atoms with Gasteiger partial charge in [-0.3, -0.25) is 23.8 Å². The zero-order valence-corrected chi connectivity index (χ0v) is 14.2. The zero-order valence-electron chi connectivity index (χ0n) is 14.2. The van der Waals surface area contributed by atoms with Crippen LogP contribution in [0.2, 0.25) is 0 Å². The quantitative estimate of drug-likeness (QED) is 0.830. The summed E-state index contributed by atoms with van der Waals surface area (Å²) in [6.07, 6.45) is 3.80. The number of pyridine rings is 1. The topological polar surface area (TPSA) is 69.4 Å². The van der Waals surface area contributed by atoms with Gasteiger partial charge in [0.25, 0.3) is 5.56 Å². The Morgan fingerprint density at radius 1 is 1.25 bits per heavy atom. The molecule has 0 spiro atoms. The van der Waals surface area contributed by atoms with E-state index in [1.807, 2.05) is 12.1 Å². The predicted molar refractivity (Wildman–Crippen MR) is 90.1 cm³/mol. The highest BCUT2D eigenvalue weighted by molar-refractivity contribution is 5.22. The maximum atomic E-state index is 12.1. The van der Waals surface area contributed by atoms with Gasteiger partial charge in [-0.25, -0.2) is 4.79 Å².